The molecule has 16 heavy (non-hydrogen) atoms. The van der Waals surface area contributed by atoms with E-state index in [1.165, 1.54) is 6.07 Å². The molecule has 1 fully saturated rings. The Morgan fingerprint density at radius 1 is 1.56 bits per heavy atom. The number of halogens is 2. The van der Waals surface area contributed by atoms with Gasteiger partial charge < -0.3 is 10.8 Å². The van der Waals surface area contributed by atoms with Crippen LogP contribution in [0.25, 0.3) is 0 Å². The maximum Gasteiger partial charge on any atom is 0.166 e. The van der Waals surface area contributed by atoms with Gasteiger partial charge in [0.05, 0.1) is 0 Å². The van der Waals surface area contributed by atoms with Crippen molar-refractivity contribution < 1.29 is 9.50 Å². The number of aromatic hydroxyl groups is 1. The third kappa shape index (κ3) is 2.23. The van der Waals surface area contributed by atoms with E-state index in [2.05, 4.69) is 15.9 Å². The van der Waals surface area contributed by atoms with Crippen molar-refractivity contribution >= 4 is 15.9 Å². The van der Waals surface area contributed by atoms with Crippen molar-refractivity contribution in [3.05, 3.63) is 27.5 Å². The van der Waals surface area contributed by atoms with E-state index in [0.717, 1.165) is 24.8 Å². The first-order chi connectivity index (χ1) is 7.43. The zero-order chi connectivity index (χ0) is 11.9. The Balaban J connectivity index is 2.24. The summed E-state index contributed by atoms with van der Waals surface area (Å²) in [5.74, 6) is -0.806. The van der Waals surface area contributed by atoms with Gasteiger partial charge in [0.1, 0.15) is 0 Å². The lowest BCUT2D eigenvalue weighted by Crippen LogP contribution is -2.22. The molecule has 0 atom stereocenters. The summed E-state index contributed by atoms with van der Waals surface area (Å²) in [6.07, 6.45) is 3.49. The van der Waals surface area contributed by atoms with Crippen molar-refractivity contribution in [2.45, 2.75) is 38.1 Å². The molecule has 0 amide bonds. The second-order valence-corrected chi connectivity index (χ2v) is 5.51. The summed E-state index contributed by atoms with van der Waals surface area (Å²) in [4.78, 5) is 0. The maximum absolute atomic E-state index is 13.3. The highest BCUT2D eigenvalue weighted by Crippen LogP contribution is 2.39. The fraction of sp³-hybridized carbons (Fsp3) is 0.500. The number of hydrogen-bond acceptors (Lipinski definition) is 2. The van der Waals surface area contributed by atoms with Gasteiger partial charge in [-0.3, -0.25) is 0 Å². The highest BCUT2D eigenvalue weighted by Gasteiger charge is 2.37. The first-order valence-corrected chi connectivity index (χ1v) is 6.17. The zero-order valence-corrected chi connectivity index (χ0v) is 10.8. The second-order valence-electron chi connectivity index (χ2n) is 4.65. The number of nitrogens with two attached hydrogens (primary N) is 1. The molecule has 1 saturated carbocycles. The summed E-state index contributed by atoms with van der Waals surface area (Å²) in [5, 5.41) is 9.68. The average molecular weight is 288 g/mol. The summed E-state index contributed by atoms with van der Waals surface area (Å²) >= 11 is 3.28. The van der Waals surface area contributed by atoms with Crippen molar-refractivity contribution in [2.75, 3.05) is 0 Å². The SMILES string of the molecule is Cc1c(Br)cc(F)c(O)c1CCC1(N)CC1. The zero-order valence-electron chi connectivity index (χ0n) is 9.19. The van der Waals surface area contributed by atoms with Crippen LogP contribution in [0.3, 0.4) is 0 Å². The van der Waals surface area contributed by atoms with Crippen molar-refractivity contribution in [2.24, 2.45) is 5.73 Å². The number of phenols is 1. The largest absolute Gasteiger partial charge is 0.505 e. The van der Waals surface area contributed by atoms with Gasteiger partial charge in [0, 0.05) is 15.6 Å². The number of rotatable bonds is 3. The molecule has 0 spiro atoms. The molecule has 2 nitrogen and oxygen atoms in total. The number of benzene rings is 1. The van der Waals surface area contributed by atoms with E-state index in [-0.39, 0.29) is 11.3 Å². The predicted molar refractivity (Wildman–Crippen MR) is 65.0 cm³/mol. The van der Waals surface area contributed by atoms with Gasteiger partial charge in [0.25, 0.3) is 0 Å². The van der Waals surface area contributed by atoms with Crippen LogP contribution in [0.2, 0.25) is 0 Å². The Morgan fingerprint density at radius 3 is 2.75 bits per heavy atom. The molecule has 0 bridgehead atoms. The fourth-order valence-corrected chi connectivity index (χ4v) is 2.28. The summed E-state index contributed by atoms with van der Waals surface area (Å²) in [6.45, 7) is 1.87. The minimum Gasteiger partial charge on any atom is -0.505 e. The quantitative estimate of drug-likeness (QED) is 0.898. The molecule has 4 heteroatoms. The van der Waals surface area contributed by atoms with Gasteiger partial charge in [-0.15, -0.1) is 0 Å². The number of hydrogen-bond donors (Lipinski definition) is 2. The van der Waals surface area contributed by atoms with Gasteiger partial charge in [0.15, 0.2) is 11.6 Å². The molecule has 1 aromatic carbocycles. The molecule has 1 aliphatic rings. The lowest BCUT2D eigenvalue weighted by molar-refractivity contribution is 0.422. The summed E-state index contributed by atoms with van der Waals surface area (Å²) in [7, 11) is 0. The Hall–Kier alpha value is -0.610. The van der Waals surface area contributed by atoms with Gasteiger partial charge in [-0.05, 0) is 44.2 Å². The minimum absolute atomic E-state index is 0.0718. The van der Waals surface area contributed by atoms with E-state index in [9.17, 15) is 9.50 Å². The van der Waals surface area contributed by atoms with Gasteiger partial charge >= 0.3 is 0 Å². The van der Waals surface area contributed by atoms with Crippen LogP contribution in [-0.4, -0.2) is 10.6 Å². The monoisotopic (exact) mass is 287 g/mol. The summed E-state index contributed by atoms with van der Waals surface area (Å²) in [6, 6.07) is 1.30. The second kappa shape index (κ2) is 4.00. The van der Waals surface area contributed by atoms with Crippen LogP contribution in [-0.2, 0) is 6.42 Å². The molecule has 0 unspecified atom stereocenters. The van der Waals surface area contributed by atoms with E-state index in [1.807, 2.05) is 6.92 Å². The van der Waals surface area contributed by atoms with E-state index in [4.69, 9.17) is 5.73 Å². The van der Waals surface area contributed by atoms with Gasteiger partial charge in [-0.1, -0.05) is 15.9 Å². The van der Waals surface area contributed by atoms with Crippen molar-refractivity contribution in [1.29, 1.82) is 0 Å². The van der Waals surface area contributed by atoms with Crippen LogP contribution in [0.15, 0.2) is 10.5 Å². The highest BCUT2D eigenvalue weighted by molar-refractivity contribution is 9.10. The van der Waals surface area contributed by atoms with Crippen LogP contribution in [0.5, 0.6) is 5.75 Å². The molecule has 3 N–H and O–H groups in total. The Morgan fingerprint density at radius 2 is 2.19 bits per heavy atom. The summed E-state index contributed by atoms with van der Waals surface area (Å²) in [5.41, 5.74) is 7.47. The van der Waals surface area contributed by atoms with Gasteiger partial charge in [-0.25, -0.2) is 4.39 Å². The third-order valence-corrected chi connectivity index (χ3v) is 4.17. The van der Waals surface area contributed by atoms with Crippen LogP contribution < -0.4 is 5.73 Å². The molecule has 0 aliphatic heterocycles. The normalized spacial score (nSPS) is 17.5. The maximum atomic E-state index is 13.3. The first-order valence-electron chi connectivity index (χ1n) is 5.38. The van der Waals surface area contributed by atoms with Crippen LogP contribution in [0.1, 0.15) is 30.4 Å². The molecular weight excluding hydrogens is 273 g/mol. The molecular formula is C12H15BrFNO. The van der Waals surface area contributed by atoms with E-state index < -0.39 is 5.82 Å². The smallest absolute Gasteiger partial charge is 0.166 e. The van der Waals surface area contributed by atoms with E-state index in [1.54, 1.807) is 0 Å². The van der Waals surface area contributed by atoms with E-state index >= 15 is 0 Å². The van der Waals surface area contributed by atoms with Crippen molar-refractivity contribution in [3.63, 3.8) is 0 Å². The average Bonchev–Trinajstić information content (AvgIpc) is 2.94. The molecule has 1 aliphatic carbocycles. The Labute approximate surface area is 103 Å². The van der Waals surface area contributed by atoms with Crippen molar-refractivity contribution in [1.82, 2.24) is 0 Å². The molecule has 88 valence electrons. The lowest BCUT2D eigenvalue weighted by atomic mass is 9.99. The van der Waals surface area contributed by atoms with Crippen LogP contribution in [0.4, 0.5) is 4.39 Å². The van der Waals surface area contributed by atoms with Gasteiger partial charge in [0.2, 0.25) is 0 Å². The standard InChI is InChI=1S/C12H15BrFNO/c1-7-8(2-3-12(15)4-5-12)11(16)10(14)6-9(7)13/h6,16H,2-5,15H2,1H3. The molecule has 0 heterocycles. The summed E-state index contributed by atoms with van der Waals surface area (Å²) < 4.78 is 14.0. The lowest BCUT2D eigenvalue weighted by Gasteiger charge is -2.13. The van der Waals surface area contributed by atoms with Crippen molar-refractivity contribution in [3.8, 4) is 5.75 Å². The van der Waals surface area contributed by atoms with Crippen LogP contribution >= 0.6 is 15.9 Å². The number of phenolic OH excluding ortho intramolecular Hbond substituents is 1. The predicted octanol–water partition coefficient (Wildman–Crippen LogP) is 3.03. The topological polar surface area (TPSA) is 46.2 Å². The Bertz CT molecular complexity index is 403. The third-order valence-electron chi connectivity index (χ3n) is 3.34. The van der Waals surface area contributed by atoms with Gasteiger partial charge in [-0.2, -0.15) is 0 Å². The highest BCUT2D eigenvalue weighted by atomic mass is 79.9. The molecule has 1 aromatic rings. The molecule has 2 rings (SSSR count). The minimum atomic E-state index is -0.575. The first kappa shape index (κ1) is 11.9. The Kier molecular flexibility index (Phi) is 2.97. The fourth-order valence-electron chi connectivity index (χ4n) is 1.84. The van der Waals surface area contributed by atoms with Crippen LogP contribution in [0, 0.1) is 12.7 Å². The van der Waals surface area contributed by atoms with E-state index in [0.29, 0.717) is 16.5 Å². The molecule has 0 radical (unpaired) electrons. The molecule has 0 saturated heterocycles. The molecule has 0 aromatic heterocycles.